The second-order valence-corrected chi connectivity index (χ2v) is 7.72. The van der Waals surface area contributed by atoms with Gasteiger partial charge < -0.3 is 9.42 Å². The number of allylic oxidation sites excluding steroid dienone is 1. The molecule has 21 heavy (non-hydrogen) atoms. The Morgan fingerprint density at radius 1 is 1.29 bits per heavy atom. The first-order valence-electron chi connectivity index (χ1n) is 6.80. The molecule has 0 bridgehead atoms. The Labute approximate surface area is 133 Å². The van der Waals surface area contributed by atoms with E-state index in [2.05, 4.69) is 34.1 Å². The molecule has 5 heteroatoms. The van der Waals surface area contributed by atoms with Crippen molar-refractivity contribution in [3.63, 3.8) is 0 Å². The maximum absolute atomic E-state index is 13.0. The van der Waals surface area contributed by atoms with Gasteiger partial charge in [0.2, 0.25) is 0 Å². The third kappa shape index (κ3) is 2.74. The molecule has 0 aromatic heterocycles. The van der Waals surface area contributed by atoms with Gasteiger partial charge in [-0.3, -0.25) is 0 Å². The minimum Gasteiger partial charge on any atom is -0.624 e. The maximum atomic E-state index is 13.0. The standard InChI is InChI=1S/C16H16BrO3P/c1-19-21(18)16(10-9-13(11-17)20-21)15-8-4-6-12-5-2-3-7-14(12)15/h2-8,11,16H,9-10H2,1H3/b13-11-. The minimum atomic E-state index is -3.20. The predicted octanol–water partition coefficient (Wildman–Crippen LogP) is 4.70. The molecule has 1 saturated heterocycles. The molecule has 2 aromatic carbocycles. The normalized spacial score (nSPS) is 27.8. The van der Waals surface area contributed by atoms with E-state index in [1.807, 2.05) is 24.3 Å². The van der Waals surface area contributed by atoms with Crippen molar-refractivity contribution in [2.75, 3.05) is 7.11 Å². The zero-order chi connectivity index (χ0) is 14.9. The highest BCUT2D eigenvalue weighted by Gasteiger charge is 2.46. The number of hydrogen-bond donors (Lipinski definition) is 0. The number of rotatable bonds is 2. The Bertz CT molecular complexity index is 683. The van der Waals surface area contributed by atoms with Gasteiger partial charge in [0.05, 0.1) is 7.11 Å². The highest BCUT2D eigenvalue weighted by atomic mass is 79.9. The Morgan fingerprint density at radius 2 is 2.05 bits per heavy atom. The summed E-state index contributed by atoms with van der Waals surface area (Å²) in [6.07, 6.45) is 1.49. The molecule has 0 radical (unpaired) electrons. The summed E-state index contributed by atoms with van der Waals surface area (Å²) in [5, 5.41) is 2.25. The van der Waals surface area contributed by atoms with Gasteiger partial charge in [-0.2, -0.15) is 0 Å². The fourth-order valence-electron chi connectivity index (χ4n) is 2.82. The molecular formula is C16H16BrO3P. The third-order valence-electron chi connectivity index (χ3n) is 3.85. The van der Waals surface area contributed by atoms with Crippen LogP contribution < -0.4 is 4.89 Å². The Hall–Kier alpha value is -0.930. The van der Waals surface area contributed by atoms with Crippen LogP contribution in [0, 0.1) is 0 Å². The third-order valence-corrected chi connectivity index (χ3v) is 6.66. The van der Waals surface area contributed by atoms with Crippen LogP contribution in [-0.4, -0.2) is 7.11 Å². The lowest BCUT2D eigenvalue weighted by molar-refractivity contribution is -0.218. The Balaban J connectivity index is 2.09. The molecule has 0 saturated carbocycles. The van der Waals surface area contributed by atoms with Crippen LogP contribution in [0.3, 0.4) is 0 Å². The minimum absolute atomic E-state index is 0.232. The Kier molecular flexibility index (Phi) is 4.32. The highest BCUT2D eigenvalue weighted by Crippen LogP contribution is 2.70. The van der Waals surface area contributed by atoms with E-state index in [9.17, 15) is 4.89 Å². The molecule has 0 N–H and O–H groups in total. The SMILES string of the molecule is CO[P+]1([O-])O/C(=C\Br)CCC1c1cccc2ccccc12. The van der Waals surface area contributed by atoms with Crippen LogP contribution in [0.2, 0.25) is 0 Å². The average Bonchev–Trinajstić information content (AvgIpc) is 2.54. The van der Waals surface area contributed by atoms with E-state index in [0.717, 1.165) is 29.2 Å². The van der Waals surface area contributed by atoms with E-state index < -0.39 is 7.94 Å². The molecule has 1 fully saturated rings. The van der Waals surface area contributed by atoms with Crippen molar-refractivity contribution >= 4 is 34.6 Å². The predicted molar refractivity (Wildman–Crippen MR) is 87.9 cm³/mol. The van der Waals surface area contributed by atoms with Crippen LogP contribution >= 0.6 is 23.9 Å². The van der Waals surface area contributed by atoms with E-state index >= 15 is 0 Å². The summed E-state index contributed by atoms with van der Waals surface area (Å²) in [5.74, 6) is 0.677. The van der Waals surface area contributed by atoms with Crippen molar-refractivity contribution < 1.29 is 13.9 Å². The lowest BCUT2D eigenvalue weighted by Crippen LogP contribution is -2.25. The summed E-state index contributed by atoms with van der Waals surface area (Å²) in [6.45, 7) is 0. The van der Waals surface area contributed by atoms with Crippen LogP contribution in [0.5, 0.6) is 0 Å². The van der Waals surface area contributed by atoms with Gasteiger partial charge >= 0.3 is 0 Å². The molecule has 1 aliphatic rings. The molecule has 0 spiro atoms. The first-order chi connectivity index (χ1) is 10.2. The molecule has 1 aliphatic heterocycles. The summed E-state index contributed by atoms with van der Waals surface area (Å²) in [5.41, 5.74) is 0.803. The fraction of sp³-hybridized carbons (Fsp3) is 0.250. The van der Waals surface area contributed by atoms with Crippen molar-refractivity contribution in [3.05, 3.63) is 58.8 Å². The molecule has 2 aromatic rings. The molecule has 1 heterocycles. The second kappa shape index (κ2) is 6.05. The van der Waals surface area contributed by atoms with Gasteiger partial charge in [0.25, 0.3) is 7.94 Å². The number of fused-ring (bicyclic) bond motifs is 1. The molecule has 110 valence electrons. The first kappa shape index (κ1) is 15.0. The van der Waals surface area contributed by atoms with Crippen LogP contribution in [0.15, 0.2) is 53.2 Å². The van der Waals surface area contributed by atoms with Gasteiger partial charge in [0.15, 0.2) is 11.4 Å². The zero-order valence-electron chi connectivity index (χ0n) is 11.7. The van der Waals surface area contributed by atoms with Crippen molar-refractivity contribution in [1.82, 2.24) is 0 Å². The lowest BCUT2D eigenvalue weighted by atomic mass is 9.99. The fourth-order valence-corrected chi connectivity index (χ4v) is 5.22. The van der Waals surface area contributed by atoms with Crippen molar-refractivity contribution in [2.45, 2.75) is 18.5 Å². The van der Waals surface area contributed by atoms with Crippen LogP contribution in [0.25, 0.3) is 10.8 Å². The average molecular weight is 367 g/mol. The summed E-state index contributed by atoms with van der Waals surface area (Å²) in [7, 11) is -1.75. The van der Waals surface area contributed by atoms with Gasteiger partial charge in [0, 0.05) is 23.4 Å². The quantitative estimate of drug-likeness (QED) is 0.723. The molecular weight excluding hydrogens is 351 g/mol. The van der Waals surface area contributed by atoms with Gasteiger partial charge in [-0.15, -0.1) is 0 Å². The van der Waals surface area contributed by atoms with Gasteiger partial charge in [-0.25, -0.2) is 4.52 Å². The molecule has 0 amide bonds. The number of hydrogen-bond acceptors (Lipinski definition) is 3. The van der Waals surface area contributed by atoms with Crippen molar-refractivity contribution in [1.29, 1.82) is 0 Å². The summed E-state index contributed by atoms with van der Waals surface area (Å²) < 4.78 is 10.9. The monoisotopic (exact) mass is 366 g/mol. The lowest BCUT2D eigenvalue weighted by Gasteiger charge is -2.37. The smallest absolute Gasteiger partial charge is 0.291 e. The van der Waals surface area contributed by atoms with Crippen LogP contribution in [-0.2, 0) is 9.05 Å². The van der Waals surface area contributed by atoms with E-state index in [1.165, 1.54) is 7.11 Å². The highest BCUT2D eigenvalue weighted by molar-refractivity contribution is 9.11. The Morgan fingerprint density at radius 3 is 2.81 bits per heavy atom. The summed E-state index contributed by atoms with van der Waals surface area (Å²) in [6, 6.07) is 14.2. The molecule has 0 aliphatic carbocycles. The number of benzene rings is 2. The molecule has 2 atom stereocenters. The number of halogens is 1. The van der Waals surface area contributed by atoms with E-state index in [-0.39, 0.29) is 5.66 Å². The van der Waals surface area contributed by atoms with Crippen LogP contribution in [0.4, 0.5) is 0 Å². The van der Waals surface area contributed by atoms with E-state index in [4.69, 9.17) is 9.05 Å². The summed E-state index contributed by atoms with van der Waals surface area (Å²) >= 11 is 3.24. The van der Waals surface area contributed by atoms with Crippen molar-refractivity contribution in [2.24, 2.45) is 0 Å². The second-order valence-electron chi connectivity index (χ2n) is 5.01. The first-order valence-corrected chi connectivity index (χ1v) is 9.32. The zero-order valence-corrected chi connectivity index (χ0v) is 14.1. The van der Waals surface area contributed by atoms with Crippen molar-refractivity contribution in [3.8, 4) is 0 Å². The summed E-state index contributed by atoms with van der Waals surface area (Å²) in [4.78, 5) is 14.7. The van der Waals surface area contributed by atoms with Gasteiger partial charge in [0.1, 0.15) is 0 Å². The molecule has 3 rings (SSSR count). The van der Waals surface area contributed by atoms with Gasteiger partial charge in [-0.1, -0.05) is 58.4 Å². The van der Waals surface area contributed by atoms with E-state index in [0.29, 0.717) is 5.76 Å². The largest absolute Gasteiger partial charge is 0.624 e. The molecule has 2 unspecified atom stereocenters. The van der Waals surface area contributed by atoms with E-state index in [1.54, 1.807) is 4.99 Å². The van der Waals surface area contributed by atoms with Crippen LogP contribution in [0.1, 0.15) is 24.1 Å². The molecule has 3 nitrogen and oxygen atoms in total. The van der Waals surface area contributed by atoms with Gasteiger partial charge in [-0.05, 0) is 10.8 Å². The maximum Gasteiger partial charge on any atom is 0.291 e. The topological polar surface area (TPSA) is 41.5 Å².